The lowest BCUT2D eigenvalue weighted by atomic mass is 9.90. The molecule has 2 N–H and O–H groups in total. The molecule has 0 saturated carbocycles. The van der Waals surface area contributed by atoms with E-state index >= 15 is 0 Å². The Morgan fingerprint density at radius 3 is 2.48 bits per heavy atom. The molecule has 2 aliphatic heterocycles. The number of rotatable bonds is 3. The molecule has 1 aromatic rings. The van der Waals surface area contributed by atoms with E-state index in [1.165, 1.54) is 32.0 Å². The standard InChI is InChI=1S/C19H19NS.C4H4O4/c1-13-6-7-14-10-11-20(2)19(16(14)12-13)18-9-8-15-4-3-5-17(15)21-18;5-3(6)1-2-4(7)8/h3-9,12,19H,10-11H2,1-2H3;1-2H,(H,5,6)(H,7,8)/b;2-1-. The van der Waals surface area contributed by atoms with Crippen molar-refractivity contribution in [3.8, 4) is 10.4 Å². The molecule has 6 heteroatoms. The summed E-state index contributed by atoms with van der Waals surface area (Å²) in [5.74, 6) is -2.51. The van der Waals surface area contributed by atoms with Crippen molar-refractivity contribution in [2.24, 2.45) is 0 Å². The number of benzene rings is 1. The van der Waals surface area contributed by atoms with Gasteiger partial charge in [0, 0.05) is 28.5 Å². The fourth-order valence-corrected chi connectivity index (χ4v) is 4.71. The lowest BCUT2D eigenvalue weighted by Crippen LogP contribution is -2.32. The maximum Gasteiger partial charge on any atom is 0.328 e. The van der Waals surface area contributed by atoms with E-state index in [1.54, 1.807) is 0 Å². The molecule has 29 heavy (non-hydrogen) atoms. The molecule has 1 atom stereocenters. The van der Waals surface area contributed by atoms with Gasteiger partial charge in [0.1, 0.15) is 0 Å². The molecular weight excluding hydrogens is 386 g/mol. The van der Waals surface area contributed by atoms with Gasteiger partial charge >= 0.3 is 11.9 Å². The Bertz CT molecular complexity index is 1010. The van der Waals surface area contributed by atoms with Crippen LogP contribution in [0.15, 0.2) is 60.7 Å². The summed E-state index contributed by atoms with van der Waals surface area (Å²) in [6, 6.07) is 18.5. The second kappa shape index (κ2) is 9.03. The lowest BCUT2D eigenvalue weighted by molar-refractivity contribution is -0.134. The van der Waals surface area contributed by atoms with Crippen LogP contribution in [0.3, 0.4) is 0 Å². The number of likely N-dealkylation sites (N-methyl/N-ethyl adjacent to an activating group) is 1. The Morgan fingerprint density at radius 2 is 1.79 bits per heavy atom. The van der Waals surface area contributed by atoms with E-state index in [0.717, 1.165) is 13.0 Å². The van der Waals surface area contributed by atoms with Crippen LogP contribution in [0.1, 0.15) is 27.6 Å². The van der Waals surface area contributed by atoms with Crippen molar-refractivity contribution in [3.05, 3.63) is 82.3 Å². The van der Waals surface area contributed by atoms with Crippen molar-refractivity contribution in [1.29, 1.82) is 0 Å². The van der Waals surface area contributed by atoms with E-state index in [9.17, 15) is 9.59 Å². The van der Waals surface area contributed by atoms with E-state index in [1.807, 2.05) is 11.3 Å². The Hall–Kier alpha value is -2.96. The van der Waals surface area contributed by atoms with Crippen LogP contribution in [-0.4, -0.2) is 40.6 Å². The molecule has 0 fully saturated rings. The largest absolute Gasteiger partial charge is 0.478 e. The highest BCUT2D eigenvalue weighted by molar-refractivity contribution is 7.15. The van der Waals surface area contributed by atoms with E-state index < -0.39 is 11.9 Å². The number of nitrogens with zero attached hydrogens (tertiary/aromatic N) is 1. The van der Waals surface area contributed by atoms with Crippen LogP contribution >= 0.6 is 11.3 Å². The number of carbonyl (C=O) groups is 2. The van der Waals surface area contributed by atoms with Gasteiger partial charge in [0.05, 0.1) is 6.04 Å². The van der Waals surface area contributed by atoms with Gasteiger partial charge in [0.15, 0.2) is 0 Å². The molecule has 0 amide bonds. The summed E-state index contributed by atoms with van der Waals surface area (Å²) in [6.07, 6.45) is 2.27. The first kappa shape index (κ1) is 20.8. The normalized spacial score (nSPS) is 16.3. The van der Waals surface area contributed by atoms with Crippen molar-refractivity contribution in [2.45, 2.75) is 19.4 Å². The number of carboxylic acid groups (broad SMARTS) is 2. The Kier molecular flexibility index (Phi) is 6.46. The van der Waals surface area contributed by atoms with Crippen LogP contribution in [0.4, 0.5) is 0 Å². The highest BCUT2D eigenvalue weighted by Crippen LogP contribution is 2.40. The molecule has 150 valence electrons. The second-order valence-electron chi connectivity index (χ2n) is 7.03. The Labute approximate surface area is 173 Å². The van der Waals surface area contributed by atoms with E-state index in [-0.39, 0.29) is 0 Å². The smallest absolute Gasteiger partial charge is 0.328 e. The van der Waals surface area contributed by atoms with Gasteiger partial charge in [0.25, 0.3) is 0 Å². The molecule has 1 unspecified atom stereocenters. The van der Waals surface area contributed by atoms with Crippen molar-refractivity contribution >= 4 is 23.3 Å². The maximum atomic E-state index is 9.55. The lowest BCUT2D eigenvalue weighted by Gasteiger charge is -2.35. The fourth-order valence-electron chi connectivity index (χ4n) is 3.50. The van der Waals surface area contributed by atoms with Crippen molar-refractivity contribution in [3.63, 3.8) is 0 Å². The van der Waals surface area contributed by atoms with Gasteiger partial charge in [-0.25, -0.2) is 9.59 Å². The molecule has 0 saturated heterocycles. The predicted octanol–water partition coefficient (Wildman–Crippen LogP) is 4.45. The van der Waals surface area contributed by atoms with E-state index in [2.05, 4.69) is 67.4 Å². The number of fused-ring (bicyclic) bond motifs is 2. The van der Waals surface area contributed by atoms with Crippen molar-refractivity contribution < 1.29 is 19.8 Å². The zero-order chi connectivity index (χ0) is 21.0. The van der Waals surface area contributed by atoms with Crippen LogP contribution in [0, 0.1) is 6.92 Å². The molecule has 0 bridgehead atoms. The summed E-state index contributed by atoms with van der Waals surface area (Å²) >= 11 is 1.93. The van der Waals surface area contributed by atoms with Gasteiger partial charge in [-0.1, -0.05) is 42.0 Å². The number of carboxylic acids is 2. The molecule has 1 aliphatic carbocycles. The van der Waals surface area contributed by atoms with Crippen molar-refractivity contribution in [2.75, 3.05) is 13.6 Å². The molecule has 5 nitrogen and oxygen atoms in total. The first-order chi connectivity index (χ1) is 13.8. The minimum Gasteiger partial charge on any atom is -0.478 e. The third kappa shape index (κ3) is 5.10. The Morgan fingerprint density at radius 1 is 1.07 bits per heavy atom. The third-order valence-corrected chi connectivity index (χ3v) is 6.06. The summed E-state index contributed by atoms with van der Waals surface area (Å²) in [4.78, 5) is 24.4. The molecule has 0 aromatic heterocycles. The van der Waals surface area contributed by atoms with Crippen LogP contribution in [0.25, 0.3) is 10.4 Å². The highest BCUT2D eigenvalue weighted by atomic mass is 32.1. The van der Waals surface area contributed by atoms with Crippen molar-refractivity contribution in [1.82, 2.24) is 4.90 Å². The predicted molar refractivity (Wildman–Crippen MR) is 115 cm³/mol. The SMILES string of the molecule is Cc1ccc2c(c1)C(c1ccc3cccc-3s1)N(C)CC2.O=C(O)/C=C\C(=O)O. The monoisotopic (exact) mass is 409 g/mol. The first-order valence-electron chi connectivity index (χ1n) is 9.27. The topological polar surface area (TPSA) is 77.8 Å². The first-order valence-corrected chi connectivity index (χ1v) is 10.1. The summed E-state index contributed by atoms with van der Waals surface area (Å²) in [6.45, 7) is 3.32. The van der Waals surface area contributed by atoms with Crippen LogP contribution in [-0.2, 0) is 16.0 Å². The van der Waals surface area contributed by atoms with Gasteiger partial charge in [-0.15, -0.1) is 11.3 Å². The van der Waals surface area contributed by atoms with E-state index in [0.29, 0.717) is 18.2 Å². The highest BCUT2D eigenvalue weighted by Gasteiger charge is 2.27. The summed E-state index contributed by atoms with van der Waals surface area (Å²) < 4.78 is 0. The quantitative estimate of drug-likeness (QED) is 0.625. The van der Waals surface area contributed by atoms with Gasteiger partial charge in [-0.3, -0.25) is 4.90 Å². The number of hydrogen-bond acceptors (Lipinski definition) is 4. The van der Waals surface area contributed by atoms with Gasteiger partial charge < -0.3 is 10.2 Å². The summed E-state index contributed by atoms with van der Waals surface area (Å²) in [5, 5.41) is 15.6. The summed E-state index contributed by atoms with van der Waals surface area (Å²) in [5.41, 5.74) is 5.71. The molecule has 1 aromatic carbocycles. The summed E-state index contributed by atoms with van der Waals surface area (Å²) in [7, 11) is 2.25. The minimum absolute atomic E-state index is 0.401. The van der Waals surface area contributed by atoms with Gasteiger partial charge in [0.2, 0.25) is 0 Å². The second-order valence-corrected chi connectivity index (χ2v) is 8.14. The minimum atomic E-state index is -1.26. The molecule has 4 rings (SSSR count). The molecular formula is C23H23NO4S. The van der Waals surface area contributed by atoms with Crippen LogP contribution in [0.2, 0.25) is 0 Å². The number of aryl methyl sites for hydroxylation is 1. The van der Waals surface area contributed by atoms with E-state index in [4.69, 9.17) is 10.2 Å². The van der Waals surface area contributed by atoms with Gasteiger partial charge in [-0.2, -0.15) is 0 Å². The Balaban J connectivity index is 0.000000258. The average molecular weight is 410 g/mol. The average Bonchev–Trinajstić information content (AvgIpc) is 3.14. The van der Waals surface area contributed by atoms with Crippen LogP contribution in [0.5, 0.6) is 0 Å². The zero-order valence-electron chi connectivity index (χ0n) is 16.3. The molecule has 0 spiro atoms. The fraction of sp³-hybridized carbons (Fsp3) is 0.217. The third-order valence-electron chi connectivity index (χ3n) is 4.87. The number of hydrogen-bond donors (Lipinski definition) is 2. The number of aliphatic carboxylic acids is 2. The van der Waals surface area contributed by atoms with Gasteiger partial charge in [-0.05, 0) is 49.2 Å². The zero-order valence-corrected chi connectivity index (χ0v) is 17.1. The van der Waals surface area contributed by atoms with Crippen LogP contribution < -0.4 is 0 Å². The molecule has 0 radical (unpaired) electrons. The molecule has 2 heterocycles. The molecule has 3 aliphatic rings. The maximum absolute atomic E-state index is 9.55.